The van der Waals surface area contributed by atoms with Crippen LogP contribution >= 0.6 is 0 Å². The molecule has 1 saturated carbocycles. The third-order valence-electron chi connectivity index (χ3n) is 4.47. The van der Waals surface area contributed by atoms with E-state index in [0.29, 0.717) is 19.5 Å². The highest BCUT2D eigenvalue weighted by Crippen LogP contribution is 2.38. The molecule has 0 aliphatic heterocycles. The summed E-state index contributed by atoms with van der Waals surface area (Å²) in [4.78, 5) is 24.3. The second-order valence-corrected chi connectivity index (χ2v) is 6.36. The molecule has 26 heavy (non-hydrogen) atoms. The topological polar surface area (TPSA) is 67.4 Å². The predicted molar refractivity (Wildman–Crippen MR) is 94.7 cm³/mol. The quantitative estimate of drug-likeness (QED) is 0.801. The Hall–Kier alpha value is -2.89. The molecule has 0 saturated heterocycles. The smallest absolute Gasteiger partial charge is 0.224 e. The van der Waals surface area contributed by atoms with Crippen molar-refractivity contribution in [2.24, 2.45) is 11.8 Å². The lowest BCUT2D eigenvalue weighted by atomic mass is 10.2. The molecule has 0 spiro atoms. The van der Waals surface area contributed by atoms with E-state index in [0.717, 1.165) is 16.9 Å². The number of amides is 2. The number of halogens is 1. The van der Waals surface area contributed by atoms with Crippen LogP contribution in [0.1, 0.15) is 17.5 Å². The fourth-order valence-corrected chi connectivity index (χ4v) is 2.76. The van der Waals surface area contributed by atoms with E-state index >= 15 is 0 Å². The molecule has 1 aliphatic rings. The van der Waals surface area contributed by atoms with Crippen molar-refractivity contribution in [3.05, 3.63) is 65.5 Å². The molecule has 0 radical (unpaired) electrons. The Labute approximate surface area is 151 Å². The van der Waals surface area contributed by atoms with Crippen LogP contribution in [0, 0.1) is 17.7 Å². The number of ether oxygens (including phenoxy) is 1. The van der Waals surface area contributed by atoms with Crippen molar-refractivity contribution in [3.63, 3.8) is 0 Å². The van der Waals surface area contributed by atoms with Crippen LogP contribution in [0.4, 0.5) is 4.39 Å². The number of benzene rings is 2. The fourth-order valence-electron chi connectivity index (χ4n) is 2.76. The number of carbonyl (C=O) groups is 2. The van der Waals surface area contributed by atoms with Gasteiger partial charge < -0.3 is 15.4 Å². The highest BCUT2D eigenvalue weighted by Gasteiger charge is 2.47. The molecule has 2 atom stereocenters. The zero-order chi connectivity index (χ0) is 18.5. The summed E-state index contributed by atoms with van der Waals surface area (Å²) in [7, 11) is 1.60. The maximum atomic E-state index is 12.9. The van der Waals surface area contributed by atoms with E-state index < -0.39 is 0 Å². The van der Waals surface area contributed by atoms with Crippen molar-refractivity contribution in [1.29, 1.82) is 0 Å². The van der Waals surface area contributed by atoms with Gasteiger partial charge in [0.2, 0.25) is 11.8 Å². The summed E-state index contributed by atoms with van der Waals surface area (Å²) in [6, 6.07) is 13.4. The molecule has 2 amide bonds. The second kappa shape index (κ2) is 7.99. The predicted octanol–water partition coefficient (Wildman–Crippen LogP) is 2.40. The zero-order valence-corrected chi connectivity index (χ0v) is 14.5. The van der Waals surface area contributed by atoms with Gasteiger partial charge >= 0.3 is 0 Å². The minimum Gasteiger partial charge on any atom is -0.497 e. The summed E-state index contributed by atoms with van der Waals surface area (Å²) in [6.45, 7) is 0.749. The van der Waals surface area contributed by atoms with Gasteiger partial charge in [0.15, 0.2) is 0 Å². The van der Waals surface area contributed by atoms with Gasteiger partial charge in [0.05, 0.1) is 18.9 Å². The van der Waals surface area contributed by atoms with Crippen LogP contribution < -0.4 is 15.4 Å². The molecular formula is C20H21FN2O3. The highest BCUT2D eigenvalue weighted by atomic mass is 19.1. The number of hydrogen-bond donors (Lipinski definition) is 2. The third-order valence-corrected chi connectivity index (χ3v) is 4.47. The number of hydrogen-bond acceptors (Lipinski definition) is 3. The van der Waals surface area contributed by atoms with E-state index in [-0.39, 0.29) is 29.5 Å². The molecule has 2 aromatic carbocycles. The SMILES string of the molecule is COc1ccc(CNC(=O)C2CC2C(=O)NCc2ccc(F)cc2)cc1. The Bertz CT molecular complexity index is 775. The van der Waals surface area contributed by atoms with Crippen LogP contribution in [-0.2, 0) is 22.7 Å². The minimum atomic E-state index is -0.309. The first-order chi connectivity index (χ1) is 12.6. The molecule has 0 aromatic heterocycles. The largest absolute Gasteiger partial charge is 0.497 e. The van der Waals surface area contributed by atoms with Gasteiger partial charge in [-0.1, -0.05) is 24.3 Å². The molecule has 1 fully saturated rings. The molecular weight excluding hydrogens is 335 g/mol. The van der Waals surface area contributed by atoms with Crippen molar-refractivity contribution >= 4 is 11.8 Å². The number of carbonyl (C=O) groups excluding carboxylic acids is 2. The molecule has 0 bridgehead atoms. The van der Waals surface area contributed by atoms with Crippen LogP contribution in [0.3, 0.4) is 0 Å². The van der Waals surface area contributed by atoms with Crippen molar-refractivity contribution in [2.75, 3.05) is 7.11 Å². The van der Waals surface area contributed by atoms with E-state index in [1.54, 1.807) is 19.2 Å². The molecule has 1 aliphatic carbocycles. The van der Waals surface area contributed by atoms with E-state index in [1.807, 2.05) is 24.3 Å². The van der Waals surface area contributed by atoms with Crippen LogP contribution in [0.15, 0.2) is 48.5 Å². The van der Waals surface area contributed by atoms with Gasteiger partial charge in [0.1, 0.15) is 11.6 Å². The molecule has 6 heteroatoms. The van der Waals surface area contributed by atoms with E-state index in [1.165, 1.54) is 12.1 Å². The second-order valence-electron chi connectivity index (χ2n) is 6.36. The Morgan fingerprint density at radius 3 is 1.85 bits per heavy atom. The van der Waals surface area contributed by atoms with Crippen molar-refractivity contribution in [2.45, 2.75) is 19.5 Å². The lowest BCUT2D eigenvalue weighted by Crippen LogP contribution is -2.29. The fraction of sp³-hybridized carbons (Fsp3) is 0.300. The Morgan fingerprint density at radius 1 is 0.923 bits per heavy atom. The molecule has 2 aromatic rings. The Balaban J connectivity index is 1.41. The molecule has 0 heterocycles. The van der Waals surface area contributed by atoms with E-state index in [2.05, 4.69) is 10.6 Å². The van der Waals surface area contributed by atoms with Gasteiger partial charge in [-0.15, -0.1) is 0 Å². The van der Waals surface area contributed by atoms with Crippen molar-refractivity contribution in [1.82, 2.24) is 10.6 Å². The summed E-state index contributed by atoms with van der Waals surface area (Å²) in [5.41, 5.74) is 1.79. The molecule has 136 valence electrons. The maximum absolute atomic E-state index is 12.9. The van der Waals surface area contributed by atoms with Crippen LogP contribution in [0.2, 0.25) is 0 Å². The molecule has 5 nitrogen and oxygen atoms in total. The van der Waals surface area contributed by atoms with Gasteiger partial charge in [-0.3, -0.25) is 9.59 Å². The van der Waals surface area contributed by atoms with E-state index in [4.69, 9.17) is 4.74 Å². The normalized spacial score (nSPS) is 18.1. The zero-order valence-electron chi connectivity index (χ0n) is 14.5. The van der Waals surface area contributed by atoms with Gasteiger partial charge in [0.25, 0.3) is 0 Å². The standard InChI is InChI=1S/C20H21FN2O3/c1-26-16-8-4-14(5-9-16)12-23-20(25)18-10-17(18)19(24)22-11-13-2-6-15(21)7-3-13/h2-9,17-18H,10-12H2,1H3,(H,22,24)(H,23,25). The molecule has 2 N–H and O–H groups in total. The molecule has 2 unspecified atom stereocenters. The van der Waals surface area contributed by atoms with Crippen molar-refractivity contribution < 1.29 is 18.7 Å². The van der Waals surface area contributed by atoms with Crippen molar-refractivity contribution in [3.8, 4) is 5.75 Å². The van der Waals surface area contributed by atoms with Gasteiger partial charge in [-0.25, -0.2) is 4.39 Å². The third kappa shape index (κ3) is 4.59. The summed E-state index contributed by atoms with van der Waals surface area (Å²) >= 11 is 0. The van der Waals surface area contributed by atoms with Gasteiger partial charge in [-0.05, 0) is 41.8 Å². The molecule has 3 rings (SSSR count). The summed E-state index contributed by atoms with van der Waals surface area (Å²) < 4.78 is 18.0. The van der Waals surface area contributed by atoms with Crippen LogP contribution in [0.5, 0.6) is 5.75 Å². The summed E-state index contributed by atoms with van der Waals surface area (Å²) in [5.74, 6) is -0.356. The summed E-state index contributed by atoms with van der Waals surface area (Å²) in [6.07, 6.45) is 0.559. The van der Waals surface area contributed by atoms with E-state index in [9.17, 15) is 14.0 Å². The Morgan fingerprint density at radius 2 is 1.38 bits per heavy atom. The minimum absolute atomic E-state index is 0.109. The summed E-state index contributed by atoms with van der Waals surface area (Å²) in [5, 5.41) is 5.66. The monoisotopic (exact) mass is 356 g/mol. The van der Waals surface area contributed by atoms with Gasteiger partial charge in [0, 0.05) is 13.1 Å². The maximum Gasteiger partial charge on any atom is 0.224 e. The first-order valence-electron chi connectivity index (χ1n) is 8.49. The number of nitrogens with one attached hydrogen (secondary N) is 2. The first kappa shape index (κ1) is 17.9. The lowest BCUT2D eigenvalue weighted by molar-refractivity contribution is -0.127. The first-order valence-corrected chi connectivity index (χ1v) is 8.49. The number of methoxy groups -OCH3 is 1. The average molecular weight is 356 g/mol. The van der Waals surface area contributed by atoms with Crippen LogP contribution in [0.25, 0.3) is 0 Å². The number of rotatable bonds is 7. The highest BCUT2D eigenvalue weighted by molar-refractivity contribution is 5.92. The van der Waals surface area contributed by atoms with Gasteiger partial charge in [-0.2, -0.15) is 0 Å². The average Bonchev–Trinajstić information content (AvgIpc) is 3.47. The Kier molecular flexibility index (Phi) is 5.51. The van der Waals surface area contributed by atoms with Crippen LogP contribution in [-0.4, -0.2) is 18.9 Å². The lowest BCUT2D eigenvalue weighted by Gasteiger charge is -2.07.